The number of halogens is 1. The number of aromatic nitrogens is 2. The molecule has 4 rings (SSSR count). The lowest BCUT2D eigenvalue weighted by molar-refractivity contribution is -0.120. The van der Waals surface area contributed by atoms with Crippen molar-refractivity contribution in [3.05, 3.63) is 71.3 Å². The third-order valence-corrected chi connectivity index (χ3v) is 5.45. The van der Waals surface area contributed by atoms with Crippen molar-refractivity contribution in [1.29, 1.82) is 0 Å². The number of carbonyl (C=O) groups is 1. The topological polar surface area (TPSA) is 49.0 Å². The first-order chi connectivity index (χ1) is 13.0. The summed E-state index contributed by atoms with van der Waals surface area (Å²) in [6, 6.07) is 11.1. The third kappa shape index (κ3) is 3.25. The fourth-order valence-corrected chi connectivity index (χ4v) is 3.89. The minimum absolute atomic E-state index is 0.0770. The number of anilines is 1. The van der Waals surface area contributed by atoms with E-state index in [1.165, 1.54) is 6.07 Å². The van der Waals surface area contributed by atoms with Gasteiger partial charge in [0.05, 0.1) is 6.20 Å². The van der Waals surface area contributed by atoms with Crippen LogP contribution < -0.4 is 4.90 Å². The number of hydrogen-bond acceptors (Lipinski definition) is 2. The highest BCUT2D eigenvalue weighted by Crippen LogP contribution is 2.32. The molecule has 2 heterocycles. The molecule has 0 radical (unpaired) electrons. The number of benzene rings is 2. The zero-order chi connectivity index (χ0) is 19.0. The van der Waals surface area contributed by atoms with Gasteiger partial charge in [0.15, 0.2) is 0 Å². The molecule has 1 aliphatic heterocycles. The molecule has 1 aromatic heterocycles. The van der Waals surface area contributed by atoms with Crippen LogP contribution in [0.5, 0.6) is 0 Å². The molecule has 0 spiro atoms. The summed E-state index contributed by atoms with van der Waals surface area (Å²) in [7, 11) is 0. The molecular formula is C22H22FN3O. The van der Waals surface area contributed by atoms with Crippen LogP contribution in [0.4, 0.5) is 10.1 Å². The van der Waals surface area contributed by atoms with Crippen LogP contribution in [0.25, 0.3) is 11.1 Å². The standard InChI is InChI=1S/C22H22FN3O/c1-14-4-3-5-21(23)20(14)11-16-8-9-26(22(16)27)18-6-7-19(15(2)10-18)17-12-24-25-13-17/h3-7,10,12-13,16H,8-9,11H2,1-2H3,(H,24,25). The Labute approximate surface area is 158 Å². The smallest absolute Gasteiger partial charge is 0.230 e. The lowest BCUT2D eigenvalue weighted by Crippen LogP contribution is -2.28. The number of H-pyrrole nitrogens is 1. The average Bonchev–Trinajstić information content (AvgIpc) is 3.29. The maximum atomic E-state index is 14.2. The lowest BCUT2D eigenvalue weighted by Gasteiger charge is -2.19. The van der Waals surface area contributed by atoms with Gasteiger partial charge in [-0.05, 0) is 67.1 Å². The van der Waals surface area contributed by atoms with Crippen LogP contribution in [0.2, 0.25) is 0 Å². The second-order valence-electron chi connectivity index (χ2n) is 7.20. The van der Waals surface area contributed by atoms with E-state index >= 15 is 0 Å². The molecule has 1 aliphatic rings. The molecule has 1 amide bonds. The maximum Gasteiger partial charge on any atom is 0.230 e. The van der Waals surface area contributed by atoms with Gasteiger partial charge < -0.3 is 4.90 Å². The van der Waals surface area contributed by atoms with Crippen molar-refractivity contribution in [3.63, 3.8) is 0 Å². The van der Waals surface area contributed by atoms with E-state index in [1.807, 2.05) is 49.2 Å². The minimum Gasteiger partial charge on any atom is -0.312 e. The fourth-order valence-electron chi connectivity index (χ4n) is 3.89. The molecule has 3 aromatic rings. The van der Waals surface area contributed by atoms with Gasteiger partial charge in [-0.15, -0.1) is 0 Å². The number of nitrogens with one attached hydrogen (secondary N) is 1. The van der Waals surface area contributed by atoms with Gasteiger partial charge in [-0.3, -0.25) is 9.89 Å². The Hall–Kier alpha value is -2.95. The number of rotatable bonds is 4. The van der Waals surface area contributed by atoms with Crippen LogP contribution in [0.3, 0.4) is 0 Å². The molecule has 2 aromatic carbocycles. The first-order valence-corrected chi connectivity index (χ1v) is 9.20. The first-order valence-electron chi connectivity index (χ1n) is 9.20. The number of aryl methyl sites for hydroxylation is 2. The molecular weight excluding hydrogens is 341 g/mol. The summed E-state index contributed by atoms with van der Waals surface area (Å²) in [5.41, 5.74) is 5.68. The fraction of sp³-hybridized carbons (Fsp3) is 0.273. The van der Waals surface area contributed by atoms with Crippen LogP contribution in [-0.4, -0.2) is 22.6 Å². The van der Waals surface area contributed by atoms with Crippen molar-refractivity contribution in [2.45, 2.75) is 26.7 Å². The number of hydrogen-bond donors (Lipinski definition) is 1. The van der Waals surface area contributed by atoms with Crippen LogP contribution in [0.1, 0.15) is 23.1 Å². The van der Waals surface area contributed by atoms with Crippen molar-refractivity contribution >= 4 is 11.6 Å². The predicted molar refractivity (Wildman–Crippen MR) is 104 cm³/mol. The SMILES string of the molecule is Cc1cc(N2CCC(Cc3c(C)cccc3F)C2=O)ccc1-c1cn[nH]c1. The van der Waals surface area contributed by atoms with Gasteiger partial charge in [-0.2, -0.15) is 5.10 Å². The van der Waals surface area contributed by atoms with E-state index in [0.717, 1.165) is 34.4 Å². The molecule has 1 N–H and O–H groups in total. The van der Waals surface area contributed by atoms with E-state index in [1.54, 1.807) is 12.3 Å². The summed E-state index contributed by atoms with van der Waals surface area (Å²) >= 11 is 0. The normalized spacial score (nSPS) is 16.9. The second-order valence-corrected chi connectivity index (χ2v) is 7.20. The summed E-state index contributed by atoms with van der Waals surface area (Å²) < 4.78 is 14.2. The van der Waals surface area contributed by atoms with Gasteiger partial charge in [-0.25, -0.2) is 4.39 Å². The van der Waals surface area contributed by atoms with Gasteiger partial charge in [0, 0.05) is 29.9 Å². The third-order valence-electron chi connectivity index (χ3n) is 5.45. The molecule has 5 heteroatoms. The van der Waals surface area contributed by atoms with Crippen molar-refractivity contribution in [3.8, 4) is 11.1 Å². The van der Waals surface area contributed by atoms with Gasteiger partial charge in [-0.1, -0.05) is 18.2 Å². The molecule has 0 aliphatic carbocycles. The van der Waals surface area contributed by atoms with E-state index in [4.69, 9.17) is 0 Å². The Morgan fingerprint density at radius 3 is 2.78 bits per heavy atom. The Bertz CT molecular complexity index is 961. The summed E-state index contributed by atoms with van der Waals surface area (Å²) in [6.45, 7) is 4.60. The monoisotopic (exact) mass is 363 g/mol. The van der Waals surface area contributed by atoms with E-state index < -0.39 is 0 Å². The van der Waals surface area contributed by atoms with E-state index in [-0.39, 0.29) is 17.6 Å². The number of nitrogens with zero attached hydrogens (tertiary/aromatic N) is 2. The number of carbonyl (C=O) groups excluding carboxylic acids is 1. The Morgan fingerprint density at radius 2 is 2.07 bits per heavy atom. The van der Waals surface area contributed by atoms with Crippen molar-refractivity contribution in [2.24, 2.45) is 5.92 Å². The van der Waals surface area contributed by atoms with Crippen molar-refractivity contribution < 1.29 is 9.18 Å². The second kappa shape index (κ2) is 6.99. The van der Waals surface area contributed by atoms with E-state index in [9.17, 15) is 9.18 Å². The minimum atomic E-state index is -0.221. The van der Waals surface area contributed by atoms with Crippen LogP contribution >= 0.6 is 0 Å². The highest BCUT2D eigenvalue weighted by molar-refractivity contribution is 5.97. The molecule has 1 saturated heterocycles. The van der Waals surface area contributed by atoms with Crippen LogP contribution in [0.15, 0.2) is 48.8 Å². The molecule has 4 nitrogen and oxygen atoms in total. The van der Waals surface area contributed by atoms with Crippen LogP contribution in [0, 0.1) is 25.6 Å². The largest absolute Gasteiger partial charge is 0.312 e. The number of aromatic amines is 1. The Morgan fingerprint density at radius 1 is 1.22 bits per heavy atom. The summed E-state index contributed by atoms with van der Waals surface area (Å²) in [5, 5.41) is 6.82. The number of amides is 1. The molecule has 1 fully saturated rings. The Kier molecular flexibility index (Phi) is 4.52. The quantitative estimate of drug-likeness (QED) is 0.745. The van der Waals surface area contributed by atoms with Crippen molar-refractivity contribution in [2.75, 3.05) is 11.4 Å². The van der Waals surface area contributed by atoms with Gasteiger partial charge in [0.1, 0.15) is 5.82 Å². The average molecular weight is 363 g/mol. The van der Waals surface area contributed by atoms with Crippen LogP contribution in [-0.2, 0) is 11.2 Å². The van der Waals surface area contributed by atoms with Crippen molar-refractivity contribution in [1.82, 2.24) is 10.2 Å². The lowest BCUT2D eigenvalue weighted by atomic mass is 9.94. The first kappa shape index (κ1) is 17.5. The summed E-state index contributed by atoms with van der Waals surface area (Å²) in [6.07, 6.45) is 4.85. The molecule has 1 atom stereocenters. The molecule has 1 unspecified atom stereocenters. The molecule has 138 valence electrons. The van der Waals surface area contributed by atoms with E-state index in [0.29, 0.717) is 18.5 Å². The highest BCUT2D eigenvalue weighted by Gasteiger charge is 2.33. The molecule has 0 bridgehead atoms. The zero-order valence-electron chi connectivity index (χ0n) is 15.5. The Balaban J connectivity index is 1.54. The maximum absolute atomic E-state index is 14.2. The summed E-state index contributed by atoms with van der Waals surface area (Å²) in [5.74, 6) is -0.316. The molecule has 0 saturated carbocycles. The summed E-state index contributed by atoms with van der Waals surface area (Å²) in [4.78, 5) is 14.8. The van der Waals surface area contributed by atoms with Gasteiger partial charge >= 0.3 is 0 Å². The molecule has 27 heavy (non-hydrogen) atoms. The predicted octanol–water partition coefficient (Wildman–Crippen LogP) is 4.43. The van der Waals surface area contributed by atoms with E-state index in [2.05, 4.69) is 10.2 Å². The zero-order valence-corrected chi connectivity index (χ0v) is 15.5. The highest BCUT2D eigenvalue weighted by atomic mass is 19.1. The van der Waals surface area contributed by atoms with Gasteiger partial charge in [0.2, 0.25) is 5.91 Å². The van der Waals surface area contributed by atoms with Gasteiger partial charge in [0.25, 0.3) is 0 Å².